The Bertz CT molecular complexity index is 19.5. The maximum Gasteiger partial charge on any atom is 0.0326 e. The molecule has 2 heteroatoms. The second-order valence-corrected chi connectivity index (χ2v) is 1.82. The van der Waals surface area contributed by atoms with Gasteiger partial charge in [-0.05, 0) is 6.42 Å². The molecule has 1 nitrogen and oxygen atoms in total. The molecule has 0 spiro atoms. The van der Waals surface area contributed by atoms with Gasteiger partial charge in [0.15, 0.2) is 0 Å². The normalized spacial score (nSPS) is 9.00. The van der Waals surface area contributed by atoms with Crippen LogP contribution in [0.3, 0.4) is 0 Å². The predicted molar refractivity (Wildman–Crippen MR) is 28.1 cm³/mol. The largest absolute Gasteiger partial charge is 0.151 e. The van der Waals surface area contributed by atoms with Crippen LogP contribution in [0.25, 0.3) is 0 Å². The second kappa shape index (κ2) is 5.31. The lowest BCUT2D eigenvalue weighted by molar-refractivity contribution is 0.530. The van der Waals surface area contributed by atoms with Gasteiger partial charge in [0.1, 0.15) is 0 Å². The van der Waals surface area contributed by atoms with Crippen molar-refractivity contribution < 1.29 is 4.55 Å². The zero-order valence-corrected chi connectivity index (χ0v) is 4.75. The molecule has 0 atom stereocenters. The van der Waals surface area contributed by atoms with Crippen LogP contribution in [-0.4, -0.2) is 5.75 Å². The van der Waals surface area contributed by atoms with E-state index in [4.69, 9.17) is 0 Å². The van der Waals surface area contributed by atoms with Gasteiger partial charge in [0.05, 0.1) is 0 Å². The fraction of sp³-hybridized carbons (Fsp3) is 1.00. The van der Waals surface area contributed by atoms with Gasteiger partial charge in [-0.1, -0.05) is 13.3 Å². The molecule has 0 fully saturated rings. The summed E-state index contributed by atoms with van der Waals surface area (Å²) in [6.07, 6.45) is 2.20. The molecule has 6 heavy (non-hydrogen) atoms. The molecule has 1 radical (unpaired) electrons. The monoisotopic (exact) mass is 105 g/mol. The molecule has 0 aromatic carbocycles. The average molecular weight is 105 g/mol. The van der Waals surface area contributed by atoms with Crippen molar-refractivity contribution >= 4 is 12.0 Å². The zero-order valence-electron chi connectivity index (χ0n) is 3.94. The highest BCUT2D eigenvalue weighted by Crippen LogP contribution is 1.97. The van der Waals surface area contributed by atoms with Gasteiger partial charge in [0.25, 0.3) is 0 Å². The molecule has 0 aromatic heterocycles. The Kier molecular flexibility index (Phi) is 5.58. The summed E-state index contributed by atoms with van der Waals surface area (Å²) in [5.41, 5.74) is 0. The van der Waals surface area contributed by atoms with Crippen molar-refractivity contribution in [2.45, 2.75) is 19.8 Å². The SMILES string of the molecule is CCCCS[O]. The molecule has 0 saturated carbocycles. The van der Waals surface area contributed by atoms with Crippen molar-refractivity contribution in [2.75, 3.05) is 5.75 Å². The van der Waals surface area contributed by atoms with Crippen LogP contribution < -0.4 is 0 Å². The van der Waals surface area contributed by atoms with Gasteiger partial charge in [-0.3, -0.25) is 0 Å². The van der Waals surface area contributed by atoms with E-state index in [1.165, 1.54) is 0 Å². The first kappa shape index (κ1) is 6.31. The van der Waals surface area contributed by atoms with Gasteiger partial charge in [-0.15, -0.1) is 0 Å². The standard InChI is InChI=1S/C4H9OS/c1-2-3-4-6-5/h2-4H2,1H3. The molecule has 0 aliphatic carbocycles. The van der Waals surface area contributed by atoms with Gasteiger partial charge in [-0.2, -0.15) is 4.55 Å². The molecule has 0 aliphatic rings. The van der Waals surface area contributed by atoms with Crippen molar-refractivity contribution in [3.8, 4) is 0 Å². The third kappa shape index (κ3) is 4.31. The minimum atomic E-state index is 0.676. The molecule has 0 aliphatic heterocycles. The molecule has 0 unspecified atom stereocenters. The topological polar surface area (TPSA) is 19.9 Å². The summed E-state index contributed by atoms with van der Waals surface area (Å²) in [5, 5.41) is 0. The van der Waals surface area contributed by atoms with Crippen molar-refractivity contribution in [3.63, 3.8) is 0 Å². The van der Waals surface area contributed by atoms with Crippen LogP contribution in [0.15, 0.2) is 0 Å². The third-order valence-electron chi connectivity index (χ3n) is 0.581. The lowest BCUT2D eigenvalue weighted by Gasteiger charge is -1.82. The third-order valence-corrected chi connectivity index (χ3v) is 1.04. The Morgan fingerprint density at radius 3 is 2.50 bits per heavy atom. The number of rotatable bonds is 3. The van der Waals surface area contributed by atoms with E-state index >= 15 is 0 Å². The molecule has 0 N–H and O–H groups in total. The summed E-state index contributed by atoms with van der Waals surface area (Å²) in [5.74, 6) is 0.774. The van der Waals surface area contributed by atoms with Crippen LogP contribution in [0, 0.1) is 0 Å². The first-order valence-electron chi connectivity index (χ1n) is 2.16. The first-order valence-corrected chi connectivity index (χ1v) is 3.07. The molecule has 37 valence electrons. The van der Waals surface area contributed by atoms with E-state index in [9.17, 15) is 4.55 Å². The van der Waals surface area contributed by atoms with Gasteiger partial charge >= 0.3 is 0 Å². The highest BCUT2D eigenvalue weighted by molar-refractivity contribution is 7.93. The minimum absolute atomic E-state index is 0.676. The lowest BCUT2D eigenvalue weighted by Crippen LogP contribution is -1.70. The van der Waals surface area contributed by atoms with Gasteiger partial charge in [0.2, 0.25) is 0 Å². The maximum atomic E-state index is 9.61. The van der Waals surface area contributed by atoms with Crippen molar-refractivity contribution in [1.82, 2.24) is 0 Å². The van der Waals surface area contributed by atoms with Gasteiger partial charge in [0, 0.05) is 17.8 Å². The van der Waals surface area contributed by atoms with Crippen LogP contribution in [-0.2, 0) is 4.55 Å². The highest BCUT2D eigenvalue weighted by atomic mass is 32.2. The Morgan fingerprint density at radius 2 is 2.33 bits per heavy atom. The molecule has 0 amide bonds. The summed E-state index contributed by atoms with van der Waals surface area (Å²) < 4.78 is 9.61. The summed E-state index contributed by atoms with van der Waals surface area (Å²) in [6.45, 7) is 2.08. The van der Waals surface area contributed by atoms with E-state index in [0.717, 1.165) is 18.6 Å². The van der Waals surface area contributed by atoms with E-state index < -0.39 is 0 Å². The second-order valence-electron chi connectivity index (χ2n) is 1.18. The molecule has 0 aromatic rings. The summed E-state index contributed by atoms with van der Waals surface area (Å²) >= 11 is 0.676. The smallest absolute Gasteiger partial charge is 0.0326 e. The van der Waals surface area contributed by atoms with Crippen LogP contribution in [0.2, 0.25) is 0 Å². The fourth-order valence-corrected chi connectivity index (χ4v) is 0.610. The van der Waals surface area contributed by atoms with E-state index in [1.807, 2.05) is 0 Å². The van der Waals surface area contributed by atoms with Gasteiger partial charge in [-0.25, -0.2) is 0 Å². The van der Waals surface area contributed by atoms with E-state index in [2.05, 4.69) is 6.92 Å². The van der Waals surface area contributed by atoms with Crippen molar-refractivity contribution in [2.24, 2.45) is 0 Å². The molecule has 0 heterocycles. The van der Waals surface area contributed by atoms with E-state index in [0.29, 0.717) is 12.0 Å². The average Bonchev–Trinajstić information content (AvgIpc) is 1.61. The van der Waals surface area contributed by atoms with Gasteiger partial charge < -0.3 is 0 Å². The Balaban J connectivity index is 2.34. The number of hydrogen-bond donors (Lipinski definition) is 0. The predicted octanol–water partition coefficient (Wildman–Crippen LogP) is 1.87. The highest BCUT2D eigenvalue weighted by Gasteiger charge is 1.79. The van der Waals surface area contributed by atoms with Crippen LogP contribution in [0.4, 0.5) is 0 Å². The molecular weight excluding hydrogens is 96.1 g/mol. The van der Waals surface area contributed by atoms with E-state index in [1.54, 1.807) is 0 Å². The summed E-state index contributed by atoms with van der Waals surface area (Å²) in [7, 11) is 0. The van der Waals surface area contributed by atoms with E-state index in [-0.39, 0.29) is 0 Å². The molecule has 0 rings (SSSR count). The molecule has 0 saturated heterocycles. The fourth-order valence-electron chi connectivity index (χ4n) is 0.203. The van der Waals surface area contributed by atoms with Crippen LogP contribution in [0.5, 0.6) is 0 Å². The summed E-state index contributed by atoms with van der Waals surface area (Å²) in [4.78, 5) is 0. The lowest BCUT2D eigenvalue weighted by atomic mass is 10.4. The Labute approximate surface area is 43.0 Å². The van der Waals surface area contributed by atoms with Crippen molar-refractivity contribution in [3.05, 3.63) is 0 Å². The zero-order chi connectivity index (χ0) is 4.83. The van der Waals surface area contributed by atoms with Crippen molar-refractivity contribution in [1.29, 1.82) is 0 Å². The summed E-state index contributed by atoms with van der Waals surface area (Å²) in [6, 6.07) is 0. The number of hydrogen-bond acceptors (Lipinski definition) is 1. The maximum absolute atomic E-state index is 9.61. The molecule has 0 bridgehead atoms. The Hall–Kier alpha value is 0.310. The van der Waals surface area contributed by atoms with Crippen LogP contribution in [0.1, 0.15) is 19.8 Å². The number of unbranched alkanes of at least 4 members (excludes halogenated alkanes) is 1. The Morgan fingerprint density at radius 1 is 1.67 bits per heavy atom. The minimum Gasteiger partial charge on any atom is -0.151 e. The van der Waals surface area contributed by atoms with Crippen LogP contribution >= 0.6 is 12.0 Å². The quantitative estimate of drug-likeness (QED) is 0.396. The molecular formula is C4H9OS. The first-order chi connectivity index (χ1) is 2.91.